The number of anilines is 1. The lowest BCUT2D eigenvalue weighted by Gasteiger charge is -2.12. The van der Waals surface area contributed by atoms with E-state index >= 15 is 0 Å². The summed E-state index contributed by atoms with van der Waals surface area (Å²) in [7, 11) is 0. The van der Waals surface area contributed by atoms with Crippen LogP contribution in [0.25, 0.3) is 0 Å². The third-order valence-electron chi connectivity index (χ3n) is 1.85. The van der Waals surface area contributed by atoms with Gasteiger partial charge in [-0.1, -0.05) is 13.0 Å². The molecule has 1 rings (SSSR count). The molecule has 0 aliphatic heterocycles. The van der Waals surface area contributed by atoms with Crippen LogP contribution in [0.4, 0.5) is 5.69 Å². The van der Waals surface area contributed by atoms with Crippen LogP contribution in [0.3, 0.4) is 0 Å². The van der Waals surface area contributed by atoms with Gasteiger partial charge in [0.1, 0.15) is 0 Å². The summed E-state index contributed by atoms with van der Waals surface area (Å²) in [5.74, 6) is 0. The molecule has 0 saturated carbocycles. The van der Waals surface area contributed by atoms with Crippen molar-refractivity contribution in [3.05, 3.63) is 27.8 Å². The molecule has 1 atom stereocenters. The molecule has 0 radical (unpaired) electrons. The SMILES string of the molecule is CC[C@H](C)Nc1cccc(I)c1. The van der Waals surface area contributed by atoms with Gasteiger partial charge in [-0.3, -0.25) is 0 Å². The molecule has 2 heteroatoms. The average Bonchev–Trinajstić information content (AvgIpc) is 2.04. The summed E-state index contributed by atoms with van der Waals surface area (Å²) in [6.07, 6.45) is 1.16. The minimum atomic E-state index is 0.559. The van der Waals surface area contributed by atoms with Crippen LogP contribution in [0.2, 0.25) is 0 Å². The molecule has 1 aromatic carbocycles. The van der Waals surface area contributed by atoms with Crippen LogP contribution < -0.4 is 5.32 Å². The Morgan fingerprint density at radius 1 is 1.50 bits per heavy atom. The summed E-state index contributed by atoms with van der Waals surface area (Å²) < 4.78 is 1.28. The topological polar surface area (TPSA) is 12.0 Å². The van der Waals surface area contributed by atoms with E-state index in [9.17, 15) is 0 Å². The van der Waals surface area contributed by atoms with Crippen LogP contribution in [-0.2, 0) is 0 Å². The van der Waals surface area contributed by atoms with Crippen molar-refractivity contribution in [2.24, 2.45) is 0 Å². The Morgan fingerprint density at radius 2 is 2.25 bits per heavy atom. The normalized spacial score (nSPS) is 12.6. The van der Waals surface area contributed by atoms with Gasteiger partial charge in [0.25, 0.3) is 0 Å². The van der Waals surface area contributed by atoms with E-state index in [1.54, 1.807) is 0 Å². The molecule has 0 unspecified atom stereocenters. The Labute approximate surface area is 87.7 Å². The number of hydrogen-bond donors (Lipinski definition) is 1. The molecule has 0 aromatic heterocycles. The van der Waals surface area contributed by atoms with Gasteiger partial charge in [-0.05, 0) is 54.1 Å². The van der Waals surface area contributed by atoms with Crippen LogP contribution in [0, 0.1) is 3.57 Å². The monoisotopic (exact) mass is 275 g/mol. The summed E-state index contributed by atoms with van der Waals surface area (Å²) in [5.41, 5.74) is 1.22. The number of hydrogen-bond acceptors (Lipinski definition) is 1. The Balaban J connectivity index is 2.63. The van der Waals surface area contributed by atoms with Crippen molar-refractivity contribution in [3.63, 3.8) is 0 Å². The highest BCUT2D eigenvalue weighted by molar-refractivity contribution is 14.1. The van der Waals surface area contributed by atoms with E-state index in [2.05, 4.69) is 66.0 Å². The van der Waals surface area contributed by atoms with Gasteiger partial charge < -0.3 is 5.32 Å². The maximum absolute atomic E-state index is 3.43. The molecule has 0 saturated heterocycles. The first kappa shape index (κ1) is 9.84. The number of benzene rings is 1. The molecule has 0 amide bonds. The van der Waals surface area contributed by atoms with E-state index in [1.165, 1.54) is 9.26 Å². The van der Waals surface area contributed by atoms with Gasteiger partial charge in [-0.25, -0.2) is 0 Å². The standard InChI is InChI=1S/C10H14IN/c1-3-8(2)12-10-6-4-5-9(11)7-10/h4-8,12H,3H2,1-2H3/t8-/m0/s1. The fraction of sp³-hybridized carbons (Fsp3) is 0.400. The molecule has 0 aliphatic carbocycles. The highest BCUT2D eigenvalue weighted by atomic mass is 127. The summed E-state index contributed by atoms with van der Waals surface area (Å²) in [5, 5.41) is 3.43. The predicted molar refractivity (Wildman–Crippen MR) is 62.5 cm³/mol. The number of rotatable bonds is 3. The van der Waals surface area contributed by atoms with Crippen molar-refractivity contribution in [1.82, 2.24) is 0 Å². The molecule has 1 N–H and O–H groups in total. The van der Waals surface area contributed by atoms with E-state index in [-0.39, 0.29) is 0 Å². The summed E-state index contributed by atoms with van der Waals surface area (Å²) in [4.78, 5) is 0. The quantitative estimate of drug-likeness (QED) is 0.832. The van der Waals surface area contributed by atoms with Crippen LogP contribution in [0.1, 0.15) is 20.3 Å². The van der Waals surface area contributed by atoms with Crippen LogP contribution >= 0.6 is 22.6 Å². The molecule has 12 heavy (non-hydrogen) atoms. The van der Waals surface area contributed by atoms with Crippen molar-refractivity contribution in [2.75, 3.05) is 5.32 Å². The molecular formula is C10H14IN. The van der Waals surface area contributed by atoms with E-state index in [4.69, 9.17) is 0 Å². The van der Waals surface area contributed by atoms with Gasteiger partial charge in [-0.15, -0.1) is 0 Å². The highest BCUT2D eigenvalue weighted by Crippen LogP contribution is 2.13. The van der Waals surface area contributed by atoms with Crippen LogP contribution in [-0.4, -0.2) is 6.04 Å². The minimum absolute atomic E-state index is 0.559. The molecule has 0 fully saturated rings. The predicted octanol–water partition coefficient (Wildman–Crippen LogP) is 3.50. The average molecular weight is 275 g/mol. The molecule has 1 nitrogen and oxygen atoms in total. The summed E-state index contributed by atoms with van der Waals surface area (Å²) >= 11 is 2.32. The molecule has 66 valence electrons. The fourth-order valence-electron chi connectivity index (χ4n) is 0.965. The molecule has 0 spiro atoms. The first-order chi connectivity index (χ1) is 5.72. The van der Waals surface area contributed by atoms with Gasteiger partial charge >= 0.3 is 0 Å². The molecule has 1 aromatic rings. The Hall–Kier alpha value is -0.250. The summed E-state index contributed by atoms with van der Waals surface area (Å²) in [6.45, 7) is 4.38. The van der Waals surface area contributed by atoms with Crippen molar-refractivity contribution in [1.29, 1.82) is 0 Å². The smallest absolute Gasteiger partial charge is 0.0352 e. The third-order valence-corrected chi connectivity index (χ3v) is 2.52. The van der Waals surface area contributed by atoms with Gasteiger partial charge in [0.05, 0.1) is 0 Å². The lowest BCUT2D eigenvalue weighted by atomic mass is 10.2. The summed E-state index contributed by atoms with van der Waals surface area (Å²) in [6, 6.07) is 9.00. The van der Waals surface area contributed by atoms with Crippen molar-refractivity contribution in [3.8, 4) is 0 Å². The zero-order valence-electron chi connectivity index (χ0n) is 7.47. The maximum atomic E-state index is 3.43. The second-order valence-electron chi connectivity index (χ2n) is 2.96. The molecule has 0 bridgehead atoms. The van der Waals surface area contributed by atoms with E-state index in [0.717, 1.165) is 6.42 Å². The van der Waals surface area contributed by atoms with Crippen LogP contribution in [0.5, 0.6) is 0 Å². The van der Waals surface area contributed by atoms with Gasteiger partial charge in [0, 0.05) is 15.3 Å². The first-order valence-electron chi connectivity index (χ1n) is 4.24. The van der Waals surface area contributed by atoms with Crippen molar-refractivity contribution >= 4 is 28.3 Å². The lowest BCUT2D eigenvalue weighted by Crippen LogP contribution is -2.13. The number of halogens is 1. The first-order valence-corrected chi connectivity index (χ1v) is 5.32. The Bertz CT molecular complexity index is 247. The Morgan fingerprint density at radius 3 is 2.83 bits per heavy atom. The lowest BCUT2D eigenvalue weighted by molar-refractivity contribution is 0.764. The highest BCUT2D eigenvalue weighted by Gasteiger charge is 1.97. The van der Waals surface area contributed by atoms with Gasteiger partial charge in [0.15, 0.2) is 0 Å². The van der Waals surface area contributed by atoms with E-state index in [0.29, 0.717) is 6.04 Å². The van der Waals surface area contributed by atoms with Crippen molar-refractivity contribution < 1.29 is 0 Å². The molecular weight excluding hydrogens is 261 g/mol. The maximum Gasteiger partial charge on any atom is 0.0352 e. The molecule has 0 heterocycles. The zero-order valence-corrected chi connectivity index (χ0v) is 9.63. The molecule has 0 aliphatic rings. The van der Waals surface area contributed by atoms with Crippen molar-refractivity contribution in [2.45, 2.75) is 26.3 Å². The minimum Gasteiger partial charge on any atom is -0.383 e. The van der Waals surface area contributed by atoms with Gasteiger partial charge in [0.2, 0.25) is 0 Å². The van der Waals surface area contributed by atoms with Crippen LogP contribution in [0.15, 0.2) is 24.3 Å². The second-order valence-corrected chi connectivity index (χ2v) is 4.21. The zero-order chi connectivity index (χ0) is 8.97. The third kappa shape index (κ3) is 3.01. The van der Waals surface area contributed by atoms with E-state index < -0.39 is 0 Å². The van der Waals surface area contributed by atoms with Gasteiger partial charge in [-0.2, -0.15) is 0 Å². The fourth-order valence-corrected chi connectivity index (χ4v) is 1.51. The van der Waals surface area contributed by atoms with E-state index in [1.807, 2.05) is 0 Å². The Kier molecular flexibility index (Phi) is 3.85. The largest absolute Gasteiger partial charge is 0.383 e. The number of nitrogens with one attached hydrogen (secondary N) is 1. The second kappa shape index (κ2) is 4.70.